The Labute approximate surface area is 118 Å². The minimum atomic E-state index is -0.0154. The van der Waals surface area contributed by atoms with Crippen molar-refractivity contribution in [1.29, 1.82) is 0 Å². The summed E-state index contributed by atoms with van der Waals surface area (Å²) in [4.78, 5) is 14.8. The zero-order chi connectivity index (χ0) is 14.7. The molecule has 2 unspecified atom stereocenters. The van der Waals surface area contributed by atoms with E-state index < -0.39 is 0 Å². The van der Waals surface area contributed by atoms with Gasteiger partial charge in [-0.15, -0.1) is 0 Å². The zero-order valence-corrected chi connectivity index (χ0v) is 12.3. The quantitative estimate of drug-likeness (QED) is 0.610. The van der Waals surface area contributed by atoms with Crippen LogP contribution < -0.4 is 20.9 Å². The molecule has 2 atom stereocenters. The number of hydrazine groups is 1. The fourth-order valence-corrected chi connectivity index (χ4v) is 2.16. The number of ether oxygens (including phenoxy) is 2. The van der Waals surface area contributed by atoms with Crippen LogP contribution in [0.2, 0.25) is 0 Å². The maximum Gasteiger partial charge on any atom is 0.323 e. The van der Waals surface area contributed by atoms with E-state index in [0.29, 0.717) is 5.95 Å². The molecule has 0 saturated carbocycles. The highest BCUT2D eigenvalue weighted by atomic mass is 16.5. The highest BCUT2D eigenvalue weighted by Crippen LogP contribution is 2.20. The Kier molecular flexibility index (Phi) is 4.56. The summed E-state index contributed by atoms with van der Waals surface area (Å²) in [5.41, 5.74) is 2.44. The third-order valence-corrected chi connectivity index (χ3v) is 2.78. The molecule has 2 rings (SSSR count). The summed E-state index contributed by atoms with van der Waals surface area (Å²) in [7, 11) is 0. The van der Waals surface area contributed by atoms with Crippen LogP contribution in [-0.2, 0) is 4.74 Å². The highest BCUT2D eigenvalue weighted by Gasteiger charge is 2.25. The number of morpholine rings is 1. The van der Waals surface area contributed by atoms with Gasteiger partial charge in [-0.2, -0.15) is 15.0 Å². The van der Waals surface area contributed by atoms with Gasteiger partial charge < -0.3 is 14.4 Å². The molecule has 0 spiro atoms. The Morgan fingerprint density at radius 2 is 1.90 bits per heavy atom. The molecule has 0 amide bonds. The first kappa shape index (κ1) is 14.7. The molecule has 2 heterocycles. The maximum absolute atomic E-state index is 5.70. The van der Waals surface area contributed by atoms with Gasteiger partial charge in [-0.1, -0.05) is 0 Å². The largest absolute Gasteiger partial charge is 0.461 e. The molecule has 8 nitrogen and oxygen atoms in total. The maximum atomic E-state index is 5.70. The summed E-state index contributed by atoms with van der Waals surface area (Å²) in [5.74, 6) is 6.24. The number of nitrogens with one attached hydrogen (secondary N) is 1. The van der Waals surface area contributed by atoms with Gasteiger partial charge in [0.2, 0.25) is 11.9 Å². The van der Waals surface area contributed by atoms with Crippen molar-refractivity contribution in [3.05, 3.63) is 0 Å². The lowest BCUT2D eigenvalue weighted by molar-refractivity contribution is -0.00578. The van der Waals surface area contributed by atoms with E-state index in [4.69, 9.17) is 15.3 Å². The Balaban J connectivity index is 2.25. The van der Waals surface area contributed by atoms with Gasteiger partial charge in [-0.3, -0.25) is 5.43 Å². The lowest BCUT2D eigenvalue weighted by Gasteiger charge is -2.35. The van der Waals surface area contributed by atoms with Gasteiger partial charge in [0.15, 0.2) is 0 Å². The number of hydrogen-bond donors (Lipinski definition) is 2. The van der Waals surface area contributed by atoms with Gasteiger partial charge in [0.05, 0.1) is 18.3 Å². The van der Waals surface area contributed by atoms with Crippen molar-refractivity contribution in [3.8, 4) is 6.01 Å². The van der Waals surface area contributed by atoms with Crippen molar-refractivity contribution in [2.45, 2.75) is 46.0 Å². The number of aromatic nitrogens is 3. The minimum absolute atomic E-state index is 0.0154. The fourth-order valence-electron chi connectivity index (χ4n) is 2.16. The highest BCUT2D eigenvalue weighted by molar-refractivity contribution is 5.38. The number of nitrogens with zero attached hydrogens (tertiary/aromatic N) is 4. The predicted octanol–water partition coefficient (Wildman–Crippen LogP) is 0.558. The van der Waals surface area contributed by atoms with Gasteiger partial charge >= 0.3 is 6.01 Å². The van der Waals surface area contributed by atoms with E-state index in [-0.39, 0.29) is 30.3 Å². The Morgan fingerprint density at radius 1 is 1.25 bits per heavy atom. The number of nitrogens with two attached hydrogens (primary N) is 1. The first-order valence-electron chi connectivity index (χ1n) is 6.77. The second-order valence-electron chi connectivity index (χ2n) is 5.21. The van der Waals surface area contributed by atoms with E-state index in [2.05, 4.69) is 25.3 Å². The number of anilines is 2. The summed E-state index contributed by atoms with van der Waals surface area (Å²) in [6.07, 6.45) is 0.233. The molecule has 20 heavy (non-hydrogen) atoms. The van der Waals surface area contributed by atoms with Gasteiger partial charge in [0, 0.05) is 13.1 Å². The van der Waals surface area contributed by atoms with Crippen LogP contribution in [0, 0.1) is 0 Å². The Hall–Kier alpha value is -1.67. The third-order valence-electron chi connectivity index (χ3n) is 2.78. The van der Waals surface area contributed by atoms with Crippen LogP contribution in [-0.4, -0.2) is 46.4 Å². The molecule has 1 aromatic rings. The average molecular weight is 282 g/mol. The topological polar surface area (TPSA) is 98.4 Å². The lowest BCUT2D eigenvalue weighted by Crippen LogP contribution is -2.46. The first-order chi connectivity index (χ1) is 9.47. The van der Waals surface area contributed by atoms with Crippen LogP contribution in [0.25, 0.3) is 0 Å². The Bertz CT molecular complexity index is 446. The Morgan fingerprint density at radius 3 is 2.45 bits per heavy atom. The third kappa shape index (κ3) is 3.67. The summed E-state index contributed by atoms with van der Waals surface area (Å²) in [5, 5.41) is 0. The number of nitrogen functional groups attached to an aromatic ring is 1. The summed E-state index contributed by atoms with van der Waals surface area (Å²) < 4.78 is 11.2. The molecule has 1 aliphatic heterocycles. The molecule has 1 saturated heterocycles. The van der Waals surface area contributed by atoms with E-state index in [1.165, 1.54) is 0 Å². The van der Waals surface area contributed by atoms with Crippen LogP contribution in [0.5, 0.6) is 6.01 Å². The molecule has 112 valence electrons. The molecule has 0 aliphatic carbocycles. The minimum Gasteiger partial charge on any atom is -0.461 e. The van der Waals surface area contributed by atoms with Crippen molar-refractivity contribution in [1.82, 2.24) is 15.0 Å². The average Bonchev–Trinajstić information content (AvgIpc) is 2.36. The number of rotatable bonds is 4. The van der Waals surface area contributed by atoms with E-state index in [9.17, 15) is 0 Å². The van der Waals surface area contributed by atoms with Crippen molar-refractivity contribution < 1.29 is 9.47 Å². The first-order valence-corrected chi connectivity index (χ1v) is 6.77. The monoisotopic (exact) mass is 282 g/mol. The molecule has 1 aliphatic rings. The van der Waals surface area contributed by atoms with Crippen molar-refractivity contribution >= 4 is 11.9 Å². The molecule has 1 fully saturated rings. The van der Waals surface area contributed by atoms with Gasteiger partial charge in [0.1, 0.15) is 0 Å². The SMILES string of the molecule is CC(C)Oc1nc(NN)nc(N2CC(C)OC(C)C2)n1. The fraction of sp³-hybridized carbons (Fsp3) is 0.750. The van der Waals surface area contributed by atoms with Gasteiger partial charge in [-0.25, -0.2) is 5.84 Å². The predicted molar refractivity (Wildman–Crippen MR) is 75.6 cm³/mol. The second-order valence-corrected chi connectivity index (χ2v) is 5.21. The van der Waals surface area contributed by atoms with E-state index in [1.807, 2.05) is 27.7 Å². The molecule has 8 heteroatoms. The van der Waals surface area contributed by atoms with Crippen LogP contribution in [0.15, 0.2) is 0 Å². The van der Waals surface area contributed by atoms with E-state index >= 15 is 0 Å². The van der Waals surface area contributed by atoms with Gasteiger partial charge in [-0.05, 0) is 27.7 Å². The molecule has 1 aromatic heterocycles. The van der Waals surface area contributed by atoms with Crippen LogP contribution in [0.1, 0.15) is 27.7 Å². The van der Waals surface area contributed by atoms with Gasteiger partial charge in [0.25, 0.3) is 0 Å². The summed E-state index contributed by atoms with van der Waals surface area (Å²) in [6, 6.07) is 0.268. The number of hydrogen-bond acceptors (Lipinski definition) is 8. The van der Waals surface area contributed by atoms with Crippen molar-refractivity contribution in [2.24, 2.45) is 5.84 Å². The van der Waals surface area contributed by atoms with Crippen LogP contribution in [0.4, 0.5) is 11.9 Å². The molecule has 0 aromatic carbocycles. The molecular formula is C12H22N6O2. The molecule has 0 bridgehead atoms. The standard InChI is InChI=1S/C12H22N6O2/c1-7(2)19-12-15-10(17-13)14-11(16-12)18-5-8(3)20-9(4)6-18/h7-9H,5-6,13H2,1-4H3,(H,14,15,16,17). The second kappa shape index (κ2) is 6.19. The van der Waals surface area contributed by atoms with Crippen molar-refractivity contribution in [2.75, 3.05) is 23.4 Å². The smallest absolute Gasteiger partial charge is 0.323 e. The molecular weight excluding hydrogens is 260 g/mol. The molecule has 0 radical (unpaired) electrons. The van der Waals surface area contributed by atoms with Crippen molar-refractivity contribution in [3.63, 3.8) is 0 Å². The van der Waals surface area contributed by atoms with Crippen LogP contribution >= 0.6 is 0 Å². The van der Waals surface area contributed by atoms with Crippen LogP contribution in [0.3, 0.4) is 0 Å². The summed E-state index contributed by atoms with van der Waals surface area (Å²) >= 11 is 0. The van der Waals surface area contributed by atoms with E-state index in [0.717, 1.165) is 13.1 Å². The van der Waals surface area contributed by atoms with E-state index in [1.54, 1.807) is 0 Å². The zero-order valence-electron chi connectivity index (χ0n) is 12.3. The lowest BCUT2D eigenvalue weighted by atomic mass is 10.2. The normalized spacial score (nSPS) is 23.0. The molecule has 3 N–H and O–H groups in total. The summed E-state index contributed by atoms with van der Waals surface area (Å²) in [6.45, 7) is 9.32.